The second kappa shape index (κ2) is 5.30. The van der Waals surface area contributed by atoms with E-state index in [1.165, 1.54) is 7.11 Å². The maximum atomic E-state index is 13.8. The van der Waals surface area contributed by atoms with Crippen molar-refractivity contribution in [2.75, 3.05) is 7.11 Å². The lowest BCUT2D eigenvalue weighted by molar-refractivity contribution is -0.126. The van der Waals surface area contributed by atoms with Gasteiger partial charge in [0.1, 0.15) is 5.78 Å². The van der Waals surface area contributed by atoms with Gasteiger partial charge in [-0.15, -0.1) is 0 Å². The number of aryl methyl sites for hydroxylation is 1. The predicted molar refractivity (Wildman–Crippen MR) is 65.7 cm³/mol. The topological polar surface area (TPSA) is 26.3 Å². The van der Waals surface area contributed by atoms with Gasteiger partial charge in [-0.3, -0.25) is 4.79 Å². The van der Waals surface area contributed by atoms with Gasteiger partial charge in [-0.25, -0.2) is 4.39 Å². The van der Waals surface area contributed by atoms with Gasteiger partial charge in [-0.1, -0.05) is 32.9 Å². The van der Waals surface area contributed by atoms with Crippen LogP contribution in [0.25, 0.3) is 0 Å². The maximum Gasteiger partial charge on any atom is 0.168 e. The molecule has 94 valence electrons. The van der Waals surface area contributed by atoms with Crippen LogP contribution in [0, 0.1) is 11.2 Å². The highest BCUT2D eigenvalue weighted by Crippen LogP contribution is 2.23. The third kappa shape index (κ3) is 3.55. The number of Topliss-reactive ketones (excluding diaryl/α,β-unsaturated/α-hetero) is 1. The van der Waals surface area contributed by atoms with Crippen LogP contribution in [0.5, 0.6) is 5.75 Å². The number of benzene rings is 1. The fourth-order valence-electron chi connectivity index (χ4n) is 1.53. The number of hydrogen-bond acceptors (Lipinski definition) is 2. The molecule has 0 atom stereocenters. The molecular weight excluding hydrogens is 219 g/mol. The number of halogens is 1. The van der Waals surface area contributed by atoms with Crippen LogP contribution in [-0.4, -0.2) is 12.9 Å². The first kappa shape index (κ1) is 13.7. The third-order valence-electron chi connectivity index (χ3n) is 2.72. The minimum absolute atomic E-state index is 0.139. The van der Waals surface area contributed by atoms with E-state index in [-0.39, 0.29) is 22.8 Å². The third-order valence-corrected chi connectivity index (χ3v) is 2.72. The zero-order valence-electron chi connectivity index (χ0n) is 10.8. The van der Waals surface area contributed by atoms with E-state index < -0.39 is 0 Å². The molecule has 0 N–H and O–H groups in total. The molecule has 0 saturated carbocycles. The van der Waals surface area contributed by atoms with Crippen LogP contribution in [0.1, 0.15) is 32.8 Å². The minimum Gasteiger partial charge on any atom is -0.494 e. The van der Waals surface area contributed by atoms with E-state index in [2.05, 4.69) is 0 Å². The Bertz CT molecular complexity index is 405. The van der Waals surface area contributed by atoms with Crippen LogP contribution >= 0.6 is 0 Å². The number of rotatable bonds is 4. The van der Waals surface area contributed by atoms with Gasteiger partial charge in [-0.05, 0) is 18.1 Å². The molecule has 0 aliphatic rings. The maximum absolute atomic E-state index is 13.8. The SMILES string of the molecule is COc1cccc(CCC(=O)C(C)(C)C)c1F. The number of ether oxygens (including phenoxy) is 1. The highest BCUT2D eigenvalue weighted by Gasteiger charge is 2.21. The summed E-state index contributed by atoms with van der Waals surface area (Å²) >= 11 is 0. The number of carbonyl (C=O) groups excluding carboxylic acids is 1. The summed E-state index contributed by atoms with van der Waals surface area (Å²) < 4.78 is 18.7. The molecule has 0 unspecified atom stereocenters. The van der Waals surface area contributed by atoms with Crippen molar-refractivity contribution in [2.45, 2.75) is 33.6 Å². The van der Waals surface area contributed by atoms with E-state index in [0.717, 1.165) is 0 Å². The molecule has 1 aromatic rings. The van der Waals surface area contributed by atoms with Crippen molar-refractivity contribution in [3.63, 3.8) is 0 Å². The van der Waals surface area contributed by atoms with Gasteiger partial charge in [-0.2, -0.15) is 0 Å². The Morgan fingerprint density at radius 3 is 2.53 bits per heavy atom. The van der Waals surface area contributed by atoms with Crippen molar-refractivity contribution in [1.29, 1.82) is 0 Å². The standard InChI is InChI=1S/C14H19FO2/c1-14(2,3)12(16)9-8-10-6-5-7-11(17-4)13(10)15/h5-7H,8-9H2,1-4H3. The molecule has 17 heavy (non-hydrogen) atoms. The molecule has 0 saturated heterocycles. The molecule has 0 aliphatic carbocycles. The highest BCUT2D eigenvalue weighted by molar-refractivity contribution is 5.83. The summed E-state index contributed by atoms with van der Waals surface area (Å²) in [5.74, 6) is 0.00198. The van der Waals surface area contributed by atoms with Gasteiger partial charge in [0.2, 0.25) is 0 Å². The Morgan fingerprint density at radius 1 is 1.35 bits per heavy atom. The van der Waals surface area contributed by atoms with E-state index in [4.69, 9.17) is 4.74 Å². The Kier molecular flexibility index (Phi) is 4.27. The molecule has 0 spiro atoms. The van der Waals surface area contributed by atoms with Crippen LogP contribution < -0.4 is 4.74 Å². The van der Waals surface area contributed by atoms with Crippen molar-refractivity contribution >= 4 is 5.78 Å². The lowest BCUT2D eigenvalue weighted by Gasteiger charge is -2.16. The lowest BCUT2D eigenvalue weighted by atomic mass is 9.87. The van der Waals surface area contributed by atoms with E-state index >= 15 is 0 Å². The van der Waals surface area contributed by atoms with Crippen LogP contribution in [0.3, 0.4) is 0 Å². The van der Waals surface area contributed by atoms with Gasteiger partial charge < -0.3 is 4.74 Å². The number of hydrogen-bond donors (Lipinski definition) is 0. The first-order valence-electron chi connectivity index (χ1n) is 5.71. The van der Waals surface area contributed by atoms with Crippen molar-refractivity contribution in [1.82, 2.24) is 0 Å². The molecule has 0 aromatic heterocycles. The van der Waals surface area contributed by atoms with E-state index in [9.17, 15) is 9.18 Å². The van der Waals surface area contributed by atoms with Crippen LogP contribution in [0.4, 0.5) is 4.39 Å². The smallest absolute Gasteiger partial charge is 0.168 e. The highest BCUT2D eigenvalue weighted by atomic mass is 19.1. The second-order valence-electron chi connectivity index (χ2n) is 5.11. The number of methoxy groups -OCH3 is 1. The Balaban J connectivity index is 2.74. The zero-order valence-corrected chi connectivity index (χ0v) is 10.8. The summed E-state index contributed by atoms with van der Waals surface area (Å²) in [4.78, 5) is 11.7. The molecule has 2 nitrogen and oxygen atoms in total. The first-order chi connectivity index (χ1) is 7.86. The molecular formula is C14H19FO2. The second-order valence-corrected chi connectivity index (χ2v) is 5.11. The molecule has 0 aliphatic heterocycles. The molecule has 0 bridgehead atoms. The largest absolute Gasteiger partial charge is 0.494 e. The summed E-state index contributed by atoms with van der Waals surface area (Å²) in [7, 11) is 1.43. The Hall–Kier alpha value is -1.38. The van der Waals surface area contributed by atoms with E-state index in [1.54, 1.807) is 18.2 Å². The van der Waals surface area contributed by atoms with Gasteiger partial charge >= 0.3 is 0 Å². The van der Waals surface area contributed by atoms with Gasteiger partial charge in [0.25, 0.3) is 0 Å². The molecule has 0 heterocycles. The lowest BCUT2D eigenvalue weighted by Crippen LogP contribution is -2.20. The summed E-state index contributed by atoms with van der Waals surface area (Å²) in [6.45, 7) is 5.62. The summed E-state index contributed by atoms with van der Waals surface area (Å²) in [6.07, 6.45) is 0.771. The monoisotopic (exact) mass is 238 g/mol. The average Bonchev–Trinajstić information content (AvgIpc) is 2.26. The average molecular weight is 238 g/mol. The van der Waals surface area contributed by atoms with Crippen LogP contribution in [0.15, 0.2) is 18.2 Å². The van der Waals surface area contributed by atoms with Crippen LogP contribution in [-0.2, 0) is 11.2 Å². The Labute approximate surface area is 102 Å². The van der Waals surface area contributed by atoms with Crippen molar-refractivity contribution in [3.05, 3.63) is 29.6 Å². The molecule has 1 rings (SSSR count). The van der Waals surface area contributed by atoms with Crippen LogP contribution in [0.2, 0.25) is 0 Å². The van der Waals surface area contributed by atoms with Gasteiger partial charge in [0, 0.05) is 11.8 Å². The molecule has 3 heteroatoms. The molecule has 0 radical (unpaired) electrons. The van der Waals surface area contributed by atoms with E-state index in [0.29, 0.717) is 18.4 Å². The van der Waals surface area contributed by atoms with Gasteiger partial charge in [0.15, 0.2) is 11.6 Å². The molecule has 1 aromatic carbocycles. The van der Waals surface area contributed by atoms with E-state index in [1.807, 2.05) is 20.8 Å². The zero-order chi connectivity index (χ0) is 13.1. The summed E-state index contributed by atoms with van der Waals surface area (Å²) in [6, 6.07) is 5.00. The molecule has 0 amide bonds. The number of carbonyl (C=O) groups is 1. The minimum atomic E-state index is -0.366. The first-order valence-corrected chi connectivity index (χ1v) is 5.71. The number of ketones is 1. The fraction of sp³-hybridized carbons (Fsp3) is 0.500. The Morgan fingerprint density at radius 2 is 2.00 bits per heavy atom. The summed E-state index contributed by atoms with van der Waals surface area (Å²) in [5, 5.41) is 0. The van der Waals surface area contributed by atoms with Gasteiger partial charge in [0.05, 0.1) is 7.11 Å². The quantitative estimate of drug-likeness (QED) is 0.803. The van der Waals surface area contributed by atoms with Crippen molar-refractivity contribution in [2.24, 2.45) is 5.41 Å². The summed E-state index contributed by atoms with van der Waals surface area (Å²) in [5.41, 5.74) is 0.164. The van der Waals surface area contributed by atoms with Crippen molar-refractivity contribution in [3.8, 4) is 5.75 Å². The fourth-order valence-corrected chi connectivity index (χ4v) is 1.53. The normalized spacial score (nSPS) is 11.4. The molecule has 0 fully saturated rings. The predicted octanol–water partition coefficient (Wildman–Crippen LogP) is 3.38. The van der Waals surface area contributed by atoms with Crippen molar-refractivity contribution < 1.29 is 13.9 Å².